The molecule has 1 N–H and O–H groups in total. The van der Waals surface area contributed by atoms with E-state index in [1.165, 1.54) is 11.0 Å². The van der Waals surface area contributed by atoms with Gasteiger partial charge in [0.15, 0.2) is 5.15 Å². The van der Waals surface area contributed by atoms with Crippen molar-refractivity contribution in [1.82, 2.24) is 14.5 Å². The Bertz CT molecular complexity index is 898. The molecule has 2 aromatic rings. The number of aromatic nitrogens is 2. The van der Waals surface area contributed by atoms with Gasteiger partial charge in [0.2, 0.25) is 0 Å². The molecule has 1 amide bonds. The molecule has 2 heterocycles. The topological polar surface area (TPSA) is 58.4 Å². The zero-order valence-electron chi connectivity index (χ0n) is 14.9. The molecular weight excluding hydrogens is 402 g/mol. The lowest BCUT2D eigenvalue weighted by Gasteiger charge is -2.35. The molecule has 1 aromatic carbocycles. The number of hydrogen-bond donors (Lipinski definition) is 1. The second kappa shape index (κ2) is 7.62. The quantitative estimate of drug-likeness (QED) is 0.715. The number of carboxylic acid groups (broad SMARTS) is 1. The minimum Gasteiger partial charge on any atom is -0.465 e. The number of hydrogen-bond acceptors (Lipinski definition) is 2. The molecule has 0 saturated heterocycles. The summed E-state index contributed by atoms with van der Waals surface area (Å²) in [6.07, 6.45) is -4.82. The summed E-state index contributed by atoms with van der Waals surface area (Å²) in [5, 5.41) is 9.74. The molecule has 152 valence electrons. The van der Waals surface area contributed by atoms with Gasteiger partial charge >= 0.3 is 12.3 Å². The van der Waals surface area contributed by atoms with Gasteiger partial charge in [-0.25, -0.2) is 14.2 Å². The fourth-order valence-corrected chi connectivity index (χ4v) is 3.92. The number of carbonyl (C=O) groups is 1. The van der Waals surface area contributed by atoms with Gasteiger partial charge in [0.05, 0.1) is 17.3 Å². The average molecular weight is 420 g/mol. The fraction of sp³-hybridized carbons (Fsp3) is 0.444. The molecule has 0 fully saturated rings. The van der Waals surface area contributed by atoms with Crippen LogP contribution < -0.4 is 0 Å². The second-order valence-corrected chi connectivity index (χ2v) is 6.91. The van der Waals surface area contributed by atoms with E-state index in [0.717, 1.165) is 11.9 Å². The predicted octanol–water partition coefficient (Wildman–Crippen LogP) is 4.92. The maximum absolute atomic E-state index is 13.8. The maximum atomic E-state index is 13.8. The van der Waals surface area contributed by atoms with E-state index >= 15 is 0 Å². The van der Waals surface area contributed by atoms with E-state index in [0.29, 0.717) is 30.3 Å². The van der Waals surface area contributed by atoms with Gasteiger partial charge in [-0.2, -0.15) is 13.2 Å². The molecule has 1 aromatic heterocycles. The number of nitrogens with zero attached hydrogens (tertiary/aromatic N) is 3. The van der Waals surface area contributed by atoms with E-state index in [1.54, 1.807) is 0 Å². The van der Waals surface area contributed by atoms with Crippen molar-refractivity contribution in [2.45, 2.75) is 44.9 Å². The smallest absolute Gasteiger partial charge is 0.419 e. The van der Waals surface area contributed by atoms with Crippen molar-refractivity contribution in [3.63, 3.8) is 0 Å². The summed E-state index contributed by atoms with van der Waals surface area (Å²) < 4.78 is 53.8. The molecule has 0 bridgehead atoms. The van der Waals surface area contributed by atoms with E-state index in [-0.39, 0.29) is 24.5 Å². The van der Waals surface area contributed by atoms with Gasteiger partial charge in [0.1, 0.15) is 11.6 Å². The monoisotopic (exact) mass is 419 g/mol. The third-order valence-corrected chi connectivity index (χ3v) is 5.18. The van der Waals surface area contributed by atoms with Crippen LogP contribution in [0.25, 0.3) is 0 Å². The Labute approximate surface area is 163 Å². The fourth-order valence-electron chi connectivity index (χ4n) is 3.60. The molecule has 0 spiro atoms. The third-order valence-electron chi connectivity index (χ3n) is 4.90. The number of rotatable bonds is 4. The summed E-state index contributed by atoms with van der Waals surface area (Å²) in [6, 6.07) is 2.13. The standard InChI is InChI=1S/C18H18ClF4N3O2/c1-2-14-24-16(19)15-13(25(17(27)28)7-8-26(14)15)6-4-10-3-5-11(12(20)9-10)18(21,22)23/h3,5,9,13H,2,4,6-8H2,1H3,(H,27,28). The number of fused-ring (bicyclic) bond motifs is 1. The van der Waals surface area contributed by atoms with Crippen molar-refractivity contribution in [3.05, 3.63) is 51.8 Å². The average Bonchev–Trinajstić information content (AvgIpc) is 2.94. The zero-order valence-corrected chi connectivity index (χ0v) is 15.7. The van der Waals surface area contributed by atoms with Crippen LogP contribution in [0.2, 0.25) is 5.15 Å². The van der Waals surface area contributed by atoms with Crippen LogP contribution in [-0.4, -0.2) is 32.2 Å². The van der Waals surface area contributed by atoms with Crippen LogP contribution in [0.1, 0.15) is 42.0 Å². The number of benzene rings is 1. The summed E-state index contributed by atoms with van der Waals surface area (Å²) in [7, 11) is 0. The summed E-state index contributed by atoms with van der Waals surface area (Å²) in [5.74, 6) is -0.601. The molecule has 3 rings (SSSR count). The Hall–Kier alpha value is -2.29. The SMILES string of the molecule is CCc1nc(Cl)c2n1CCN(C(=O)O)C2CCc1ccc(C(F)(F)F)c(F)c1. The van der Waals surface area contributed by atoms with Crippen LogP contribution in [0.4, 0.5) is 22.4 Å². The highest BCUT2D eigenvalue weighted by Crippen LogP contribution is 2.36. The molecule has 1 unspecified atom stereocenters. The van der Waals surface area contributed by atoms with E-state index in [2.05, 4.69) is 4.98 Å². The molecule has 10 heteroatoms. The highest BCUT2D eigenvalue weighted by atomic mass is 35.5. The minimum absolute atomic E-state index is 0.187. The number of halogens is 5. The second-order valence-electron chi connectivity index (χ2n) is 6.55. The molecule has 0 saturated carbocycles. The number of alkyl halides is 3. The molecule has 0 radical (unpaired) electrons. The molecule has 1 aliphatic rings. The normalized spacial score (nSPS) is 16.9. The molecular formula is C18H18ClF4N3O2. The number of imidazole rings is 1. The van der Waals surface area contributed by atoms with Crippen molar-refractivity contribution in [1.29, 1.82) is 0 Å². The first kappa shape index (κ1) is 20.4. The summed E-state index contributed by atoms with van der Waals surface area (Å²) in [4.78, 5) is 17.2. The van der Waals surface area contributed by atoms with Crippen molar-refractivity contribution in [3.8, 4) is 0 Å². The number of aryl methyl sites for hydroxylation is 2. The summed E-state index contributed by atoms with van der Waals surface area (Å²) in [5.41, 5.74) is -0.409. The zero-order chi connectivity index (χ0) is 20.6. The van der Waals surface area contributed by atoms with Gasteiger partial charge in [-0.1, -0.05) is 24.6 Å². The lowest BCUT2D eigenvalue weighted by Crippen LogP contribution is -2.42. The van der Waals surface area contributed by atoms with Crippen LogP contribution in [0, 0.1) is 5.82 Å². The Morgan fingerprint density at radius 3 is 2.64 bits per heavy atom. The first-order valence-corrected chi connectivity index (χ1v) is 9.11. The van der Waals surface area contributed by atoms with Gasteiger partial charge in [-0.05, 0) is 30.5 Å². The molecule has 1 aliphatic heterocycles. The van der Waals surface area contributed by atoms with Crippen LogP contribution in [-0.2, 0) is 25.6 Å². The van der Waals surface area contributed by atoms with E-state index < -0.39 is 29.7 Å². The van der Waals surface area contributed by atoms with Crippen molar-refractivity contribution in [2.75, 3.05) is 6.54 Å². The van der Waals surface area contributed by atoms with Crippen LogP contribution in [0.15, 0.2) is 18.2 Å². The maximum Gasteiger partial charge on any atom is 0.419 e. The largest absolute Gasteiger partial charge is 0.465 e. The van der Waals surface area contributed by atoms with Crippen LogP contribution in [0.5, 0.6) is 0 Å². The molecule has 0 aliphatic carbocycles. The van der Waals surface area contributed by atoms with Crippen molar-refractivity contribution in [2.24, 2.45) is 0 Å². The minimum atomic E-state index is -4.76. The Morgan fingerprint density at radius 1 is 1.36 bits per heavy atom. The van der Waals surface area contributed by atoms with Crippen molar-refractivity contribution >= 4 is 17.7 Å². The first-order chi connectivity index (χ1) is 13.1. The summed E-state index contributed by atoms with van der Waals surface area (Å²) in [6.45, 7) is 2.58. The van der Waals surface area contributed by atoms with Gasteiger partial charge in [-0.3, -0.25) is 4.90 Å². The number of amides is 1. The Kier molecular flexibility index (Phi) is 5.56. The lowest BCUT2D eigenvalue weighted by molar-refractivity contribution is -0.140. The molecule has 5 nitrogen and oxygen atoms in total. The highest BCUT2D eigenvalue weighted by molar-refractivity contribution is 6.30. The third kappa shape index (κ3) is 3.80. The Morgan fingerprint density at radius 2 is 2.07 bits per heavy atom. The Balaban J connectivity index is 1.87. The van der Waals surface area contributed by atoms with Crippen molar-refractivity contribution < 1.29 is 27.5 Å². The van der Waals surface area contributed by atoms with E-state index in [1.807, 2.05) is 11.5 Å². The highest BCUT2D eigenvalue weighted by Gasteiger charge is 2.36. The lowest BCUT2D eigenvalue weighted by atomic mass is 9.99. The van der Waals surface area contributed by atoms with E-state index in [9.17, 15) is 27.5 Å². The van der Waals surface area contributed by atoms with E-state index in [4.69, 9.17) is 11.6 Å². The van der Waals surface area contributed by atoms with Crippen LogP contribution >= 0.6 is 11.6 Å². The van der Waals surface area contributed by atoms with Gasteiger partial charge in [0, 0.05) is 19.5 Å². The predicted molar refractivity (Wildman–Crippen MR) is 93.8 cm³/mol. The molecule has 1 atom stereocenters. The van der Waals surface area contributed by atoms with Gasteiger partial charge in [0.25, 0.3) is 0 Å². The first-order valence-electron chi connectivity index (χ1n) is 8.73. The van der Waals surface area contributed by atoms with Crippen LogP contribution in [0.3, 0.4) is 0 Å². The summed E-state index contributed by atoms with van der Waals surface area (Å²) >= 11 is 6.25. The van der Waals surface area contributed by atoms with Gasteiger partial charge < -0.3 is 9.67 Å². The molecule has 28 heavy (non-hydrogen) atoms. The van der Waals surface area contributed by atoms with Gasteiger partial charge in [-0.15, -0.1) is 0 Å².